The number of aryl methyl sites for hydroxylation is 1. The van der Waals surface area contributed by atoms with E-state index in [2.05, 4.69) is 97.9 Å². The summed E-state index contributed by atoms with van der Waals surface area (Å²) in [5.41, 5.74) is 4.53. The van der Waals surface area contributed by atoms with Gasteiger partial charge in [-0.15, -0.1) is 0 Å². The van der Waals surface area contributed by atoms with Gasteiger partial charge in [0.2, 0.25) is 0 Å². The van der Waals surface area contributed by atoms with Gasteiger partial charge in [-0.1, -0.05) is 136 Å². The van der Waals surface area contributed by atoms with Gasteiger partial charge in [0.15, 0.2) is 0 Å². The van der Waals surface area contributed by atoms with Crippen molar-refractivity contribution in [1.29, 1.82) is 0 Å². The van der Waals surface area contributed by atoms with Crippen molar-refractivity contribution in [3.63, 3.8) is 0 Å². The Hall–Kier alpha value is -4.54. The van der Waals surface area contributed by atoms with Crippen LogP contribution in [0, 0.1) is 44.7 Å². The van der Waals surface area contributed by atoms with Crippen LogP contribution in [0.4, 0.5) is 0 Å². The summed E-state index contributed by atoms with van der Waals surface area (Å²) in [6, 6.07) is 36.3. The topological polar surface area (TPSA) is 43.4 Å². The first kappa shape index (κ1) is 33.0. The number of carbonyl (C=O) groups excluding carboxylic acids is 2. The number of esters is 2. The minimum atomic E-state index is -0.583. The number of hydrogen-bond donors (Lipinski definition) is 0. The van der Waals surface area contributed by atoms with E-state index in [0.29, 0.717) is 16.5 Å². The third kappa shape index (κ3) is 4.75. The van der Waals surface area contributed by atoms with Crippen LogP contribution >= 0.6 is 0 Å². The van der Waals surface area contributed by atoms with Gasteiger partial charge in [-0.05, 0) is 100 Å². The molecule has 9 aromatic rings. The molecular weight excluding hydrogens is 628 g/mol. The van der Waals surface area contributed by atoms with Crippen molar-refractivity contribution in [1.82, 2.24) is 0 Å². The van der Waals surface area contributed by atoms with Crippen molar-refractivity contribution < 1.29 is 52.1 Å². The maximum Gasteiger partial charge on any atom is 0.346 e. The number of cyclic esters (lactones) is 2. The second-order valence-electron chi connectivity index (χ2n) is 12.0. The van der Waals surface area contributed by atoms with E-state index in [1.807, 2.05) is 52.0 Å². The first-order chi connectivity index (χ1) is 23.6. The summed E-state index contributed by atoms with van der Waals surface area (Å²) in [5.74, 6) is -1.17. The van der Waals surface area contributed by atoms with Crippen LogP contribution in [0.5, 0.6) is 0 Å². The molecule has 0 aliphatic carbocycles. The van der Waals surface area contributed by atoms with Gasteiger partial charge in [-0.25, -0.2) is 9.59 Å². The molecular formula is C45H34ArO3. The van der Waals surface area contributed by atoms with Crippen molar-refractivity contribution in [2.24, 2.45) is 0 Å². The fourth-order valence-corrected chi connectivity index (χ4v) is 7.76. The predicted octanol–water partition coefficient (Wildman–Crippen LogP) is 12.5. The molecule has 0 saturated heterocycles. The zero-order valence-corrected chi connectivity index (χ0v) is 28.8. The first-order valence-corrected chi connectivity index (χ1v) is 16.8. The second-order valence-corrected chi connectivity index (χ2v) is 12.0. The third-order valence-electron chi connectivity index (χ3n) is 9.71. The summed E-state index contributed by atoms with van der Waals surface area (Å²) in [4.78, 5) is 25.4. The van der Waals surface area contributed by atoms with E-state index in [-0.39, 0.29) is 37.7 Å². The van der Waals surface area contributed by atoms with Gasteiger partial charge in [0.1, 0.15) is 0 Å². The van der Waals surface area contributed by atoms with Crippen molar-refractivity contribution in [2.75, 3.05) is 0 Å². The smallest absolute Gasteiger partial charge is 0.346 e. The number of fused-ring (bicyclic) bond motifs is 4. The molecule has 1 aliphatic heterocycles. The Morgan fingerprint density at radius 1 is 0.429 bits per heavy atom. The van der Waals surface area contributed by atoms with Crippen LogP contribution in [0.3, 0.4) is 0 Å². The molecule has 1 aliphatic rings. The van der Waals surface area contributed by atoms with E-state index in [0.717, 1.165) is 26.9 Å². The van der Waals surface area contributed by atoms with Crippen molar-refractivity contribution in [3.05, 3.63) is 131 Å². The molecule has 0 aromatic heterocycles. The predicted molar refractivity (Wildman–Crippen MR) is 204 cm³/mol. The quantitative estimate of drug-likeness (QED) is 0.0608. The van der Waals surface area contributed by atoms with Crippen molar-refractivity contribution in [3.8, 4) is 0 Å². The maximum atomic E-state index is 12.7. The Labute approximate surface area is 314 Å². The van der Waals surface area contributed by atoms with Crippen LogP contribution in [0.1, 0.15) is 65.1 Å². The third-order valence-corrected chi connectivity index (χ3v) is 9.71. The standard InChI is InChI=1S/C41H22O3.2C2H6.Ar/c1-21-5-7-22(8-6-21)9-10-23-11-12-26-28-14-16-30-32-18-20-34-39-33(40(42)44-41(34)43)19-17-31(38(32)39)29-15-13-27(36(28)37(29)30)25-4-2-3-24(23)35(25)26;2*1-2;/h2-20H,1H3;2*1-2H3;. The zero-order valence-electron chi connectivity index (χ0n) is 28.0. The largest absolute Gasteiger partial charge is 0.386 e. The number of rotatable bonds is 2. The molecule has 0 radical (unpaired) electrons. The Morgan fingerprint density at radius 3 is 1.37 bits per heavy atom. The Balaban J connectivity index is 0.000000732. The molecule has 4 heteroatoms. The van der Waals surface area contributed by atoms with Gasteiger partial charge < -0.3 is 4.74 Å². The molecule has 9 aromatic carbocycles. The number of carbonyl (C=O) groups is 2. The summed E-state index contributed by atoms with van der Waals surface area (Å²) in [6.45, 7) is 10.1. The molecule has 0 amide bonds. The summed E-state index contributed by atoms with van der Waals surface area (Å²) >= 11 is 0. The summed E-state index contributed by atoms with van der Waals surface area (Å²) < 4.78 is 5.04. The molecule has 0 saturated carbocycles. The molecule has 0 spiro atoms. The van der Waals surface area contributed by atoms with Crippen LogP contribution in [0.15, 0.2) is 103 Å². The normalized spacial score (nSPS) is 12.6. The van der Waals surface area contributed by atoms with E-state index in [9.17, 15) is 9.59 Å². The first-order valence-electron chi connectivity index (χ1n) is 16.8. The number of ether oxygens (including phenoxy) is 1. The minimum absolute atomic E-state index is 0. The molecule has 0 atom stereocenters. The van der Waals surface area contributed by atoms with Crippen LogP contribution in [-0.2, 0) is 4.74 Å². The number of hydrogen-bond acceptors (Lipinski definition) is 3. The monoisotopic (exact) mass is 662 g/mol. The van der Waals surface area contributed by atoms with E-state index < -0.39 is 11.9 Å². The number of benzene rings is 9. The van der Waals surface area contributed by atoms with Crippen molar-refractivity contribution in [2.45, 2.75) is 34.6 Å². The van der Waals surface area contributed by atoms with Crippen LogP contribution in [0.25, 0.3) is 87.6 Å². The van der Waals surface area contributed by atoms with Crippen LogP contribution in [-0.4, -0.2) is 11.9 Å². The van der Waals surface area contributed by atoms with Gasteiger partial charge in [0.25, 0.3) is 0 Å². The Bertz CT molecular complexity index is 2650. The van der Waals surface area contributed by atoms with E-state index in [1.165, 1.54) is 59.8 Å². The van der Waals surface area contributed by atoms with Gasteiger partial charge in [-0.3, -0.25) is 0 Å². The average Bonchev–Trinajstić information content (AvgIpc) is 3.14. The van der Waals surface area contributed by atoms with Gasteiger partial charge in [-0.2, -0.15) is 0 Å². The van der Waals surface area contributed by atoms with Crippen molar-refractivity contribution >= 4 is 99.5 Å². The molecule has 3 nitrogen and oxygen atoms in total. The molecule has 1 heterocycles. The maximum absolute atomic E-state index is 12.7. The summed E-state index contributed by atoms with van der Waals surface area (Å²) in [5, 5.41) is 15.9. The van der Waals surface area contributed by atoms with E-state index >= 15 is 0 Å². The zero-order chi connectivity index (χ0) is 33.3. The summed E-state index contributed by atoms with van der Waals surface area (Å²) in [6.07, 6.45) is 4.41. The molecule has 0 bridgehead atoms. The van der Waals surface area contributed by atoms with Gasteiger partial charge in [0.05, 0.1) is 11.1 Å². The second kappa shape index (κ2) is 12.7. The fraction of sp³-hybridized carbons (Fsp3) is 0.111. The van der Waals surface area contributed by atoms with Gasteiger partial charge in [0, 0.05) is 43.1 Å². The molecule has 0 unspecified atom stereocenters. The molecule has 10 rings (SSSR count). The van der Waals surface area contributed by atoms with Crippen LogP contribution in [0.2, 0.25) is 0 Å². The summed E-state index contributed by atoms with van der Waals surface area (Å²) in [7, 11) is 0. The average molecular weight is 663 g/mol. The molecule has 0 fully saturated rings. The Morgan fingerprint density at radius 2 is 0.837 bits per heavy atom. The molecule has 49 heavy (non-hydrogen) atoms. The fourth-order valence-electron chi connectivity index (χ4n) is 7.76. The molecule has 0 N–H and O–H groups in total. The Kier molecular flexibility index (Phi) is 8.57. The minimum Gasteiger partial charge on any atom is -0.386 e. The van der Waals surface area contributed by atoms with Gasteiger partial charge >= 0.3 is 11.9 Å². The SMILES string of the molecule is CC.CC.Cc1ccc(C=Cc2ccc3c4ccc5c6ccc7c8c(ccc(c9ccc(c%10cccc2c%103)c4c95)c86)C(=O)OC7=O)cc1.[Ar]. The molecule has 240 valence electrons. The van der Waals surface area contributed by atoms with Crippen LogP contribution < -0.4 is 0 Å². The van der Waals surface area contributed by atoms with E-state index in [4.69, 9.17) is 4.74 Å². The van der Waals surface area contributed by atoms with E-state index in [1.54, 1.807) is 0 Å².